The first-order valence-corrected chi connectivity index (χ1v) is 6.87. The Labute approximate surface area is 129 Å². The Bertz CT molecular complexity index is 614. The maximum Gasteiger partial charge on any atom is 0.336 e. The highest BCUT2D eigenvalue weighted by Gasteiger charge is 2.07. The predicted molar refractivity (Wildman–Crippen MR) is 83.1 cm³/mol. The minimum Gasteiger partial charge on any atom is -0.420 e. The zero-order valence-corrected chi connectivity index (χ0v) is 12.6. The Morgan fingerprint density at radius 2 is 2.05 bits per heavy atom. The zero-order chi connectivity index (χ0) is 13.7. The second kappa shape index (κ2) is 6.68. The summed E-state index contributed by atoms with van der Waals surface area (Å²) in [6.45, 7) is 0. The van der Waals surface area contributed by atoms with Gasteiger partial charge in [0.25, 0.3) is 0 Å². The van der Waals surface area contributed by atoms with Crippen LogP contribution in [0.15, 0.2) is 48.7 Å². The highest BCUT2D eigenvalue weighted by Crippen LogP contribution is 2.22. The van der Waals surface area contributed by atoms with Crippen LogP contribution in [-0.4, -0.2) is 11.0 Å². The van der Waals surface area contributed by atoms with E-state index in [0.29, 0.717) is 14.5 Å². The van der Waals surface area contributed by atoms with Crippen molar-refractivity contribution in [2.24, 2.45) is 0 Å². The van der Waals surface area contributed by atoms with Gasteiger partial charge in [-0.25, -0.2) is 9.78 Å². The third kappa shape index (κ3) is 4.33. The molecule has 0 amide bonds. The molecule has 1 aromatic carbocycles. The van der Waals surface area contributed by atoms with Crippen molar-refractivity contribution in [1.82, 2.24) is 4.98 Å². The van der Waals surface area contributed by atoms with E-state index in [1.165, 1.54) is 12.3 Å². The minimum absolute atomic E-state index is 0.357. The molecule has 0 atom stereocenters. The van der Waals surface area contributed by atoms with E-state index in [0.717, 1.165) is 5.56 Å². The molecule has 0 bridgehead atoms. The molecule has 0 aliphatic carbocycles. The number of carbonyl (C=O) groups is 1. The van der Waals surface area contributed by atoms with Gasteiger partial charge in [-0.1, -0.05) is 41.9 Å². The molecule has 96 valence electrons. The highest BCUT2D eigenvalue weighted by atomic mass is 127. The summed E-state index contributed by atoms with van der Waals surface area (Å²) < 4.78 is 5.75. The summed E-state index contributed by atoms with van der Waals surface area (Å²) in [7, 11) is 0. The van der Waals surface area contributed by atoms with E-state index >= 15 is 0 Å². The van der Waals surface area contributed by atoms with E-state index < -0.39 is 5.97 Å². The van der Waals surface area contributed by atoms with Crippen LogP contribution in [0, 0.1) is 3.70 Å². The van der Waals surface area contributed by atoms with Crippen LogP contribution in [-0.2, 0) is 4.79 Å². The maximum absolute atomic E-state index is 11.7. The normalized spacial score (nSPS) is 10.6. The molecule has 0 aliphatic rings. The highest BCUT2D eigenvalue weighted by molar-refractivity contribution is 14.1. The van der Waals surface area contributed by atoms with Crippen LogP contribution in [0.25, 0.3) is 6.08 Å². The van der Waals surface area contributed by atoms with Crippen LogP contribution in [0.4, 0.5) is 0 Å². The van der Waals surface area contributed by atoms with Crippen LogP contribution in [0.1, 0.15) is 5.56 Å². The summed E-state index contributed by atoms with van der Waals surface area (Å²) in [5.41, 5.74) is 0.929. The quantitative estimate of drug-likeness (QED) is 0.347. The fourth-order valence-corrected chi connectivity index (χ4v) is 1.90. The van der Waals surface area contributed by atoms with E-state index in [1.54, 1.807) is 12.1 Å². The lowest BCUT2D eigenvalue weighted by Crippen LogP contribution is -2.05. The smallest absolute Gasteiger partial charge is 0.336 e. The molecular formula is C14H9ClINO2. The summed E-state index contributed by atoms with van der Waals surface area (Å²) in [4.78, 5) is 15.7. The Hall–Kier alpha value is -1.40. The van der Waals surface area contributed by atoms with Gasteiger partial charge >= 0.3 is 5.97 Å². The molecule has 0 unspecified atom stereocenters. The van der Waals surface area contributed by atoms with Gasteiger partial charge in [0.2, 0.25) is 0 Å². The van der Waals surface area contributed by atoms with Crippen molar-refractivity contribution in [3.8, 4) is 5.75 Å². The summed E-state index contributed by atoms with van der Waals surface area (Å²) in [6, 6.07) is 11.1. The van der Waals surface area contributed by atoms with Crippen molar-refractivity contribution >= 4 is 46.2 Å². The lowest BCUT2D eigenvalue weighted by molar-refractivity contribution is -0.128. The Morgan fingerprint density at radius 3 is 2.79 bits per heavy atom. The van der Waals surface area contributed by atoms with E-state index in [1.807, 2.05) is 52.9 Å². The largest absolute Gasteiger partial charge is 0.420 e. The lowest BCUT2D eigenvalue weighted by atomic mass is 10.2. The van der Waals surface area contributed by atoms with Crippen LogP contribution < -0.4 is 4.74 Å². The summed E-state index contributed by atoms with van der Waals surface area (Å²) in [5, 5.41) is 0.426. The fraction of sp³-hybridized carbons (Fsp3) is 0. The molecule has 5 heteroatoms. The molecule has 1 heterocycles. The summed E-state index contributed by atoms with van der Waals surface area (Å²) >= 11 is 7.78. The molecule has 0 saturated carbocycles. The van der Waals surface area contributed by atoms with Gasteiger partial charge in [0, 0.05) is 18.3 Å². The van der Waals surface area contributed by atoms with Crippen molar-refractivity contribution in [3.63, 3.8) is 0 Å². The van der Waals surface area contributed by atoms with Crippen LogP contribution in [0.2, 0.25) is 5.02 Å². The second-order valence-corrected chi connectivity index (χ2v) is 5.07. The standard InChI is InChI=1S/C14H9ClINO2/c15-11-8-12(14(16)17-9-11)19-13(18)7-6-10-4-2-1-3-5-10/h1-9H. The van der Waals surface area contributed by atoms with E-state index in [4.69, 9.17) is 16.3 Å². The number of aromatic nitrogens is 1. The van der Waals surface area contributed by atoms with Gasteiger partial charge in [0.1, 0.15) is 3.70 Å². The third-order valence-corrected chi connectivity index (χ3v) is 3.21. The first-order chi connectivity index (χ1) is 9.15. The first kappa shape index (κ1) is 14.0. The van der Waals surface area contributed by atoms with Gasteiger partial charge in [-0.2, -0.15) is 0 Å². The van der Waals surface area contributed by atoms with Crippen molar-refractivity contribution in [2.75, 3.05) is 0 Å². The number of esters is 1. The fourth-order valence-electron chi connectivity index (χ4n) is 1.35. The average Bonchev–Trinajstić information content (AvgIpc) is 2.42. The topological polar surface area (TPSA) is 39.2 Å². The van der Waals surface area contributed by atoms with Crippen LogP contribution in [0.3, 0.4) is 0 Å². The monoisotopic (exact) mass is 385 g/mol. The number of rotatable bonds is 3. The number of halogens is 2. The van der Waals surface area contributed by atoms with E-state index in [2.05, 4.69) is 4.98 Å². The Morgan fingerprint density at radius 1 is 1.32 bits per heavy atom. The van der Waals surface area contributed by atoms with Crippen LogP contribution >= 0.6 is 34.2 Å². The number of carbonyl (C=O) groups excluding carboxylic acids is 1. The minimum atomic E-state index is -0.467. The van der Waals surface area contributed by atoms with Gasteiger partial charge < -0.3 is 4.74 Å². The molecule has 1 aromatic heterocycles. The Balaban J connectivity index is 2.06. The number of hydrogen-bond acceptors (Lipinski definition) is 3. The molecule has 0 spiro atoms. The lowest BCUT2D eigenvalue weighted by Gasteiger charge is -2.03. The number of ether oxygens (including phenoxy) is 1. The second-order valence-electron chi connectivity index (χ2n) is 3.61. The number of hydrogen-bond donors (Lipinski definition) is 0. The predicted octanol–water partition coefficient (Wildman–Crippen LogP) is 3.96. The third-order valence-electron chi connectivity index (χ3n) is 2.20. The van der Waals surface area contributed by atoms with Gasteiger partial charge in [0.15, 0.2) is 5.75 Å². The van der Waals surface area contributed by atoms with Crippen molar-refractivity contribution in [1.29, 1.82) is 0 Å². The van der Waals surface area contributed by atoms with Gasteiger partial charge in [-0.3, -0.25) is 0 Å². The van der Waals surface area contributed by atoms with Gasteiger partial charge in [-0.15, -0.1) is 0 Å². The molecular weight excluding hydrogens is 377 g/mol. The molecule has 0 radical (unpaired) electrons. The first-order valence-electron chi connectivity index (χ1n) is 5.41. The molecule has 0 N–H and O–H groups in total. The number of benzene rings is 1. The van der Waals surface area contributed by atoms with Crippen LogP contribution in [0.5, 0.6) is 5.75 Å². The number of nitrogens with zero attached hydrogens (tertiary/aromatic N) is 1. The molecule has 2 rings (SSSR count). The molecule has 0 saturated heterocycles. The Kier molecular flexibility index (Phi) is 4.93. The molecule has 0 aliphatic heterocycles. The average molecular weight is 386 g/mol. The number of pyridine rings is 1. The van der Waals surface area contributed by atoms with E-state index in [-0.39, 0.29) is 0 Å². The summed E-state index contributed by atoms with van der Waals surface area (Å²) in [5.74, 6) is -0.110. The van der Waals surface area contributed by atoms with Crippen molar-refractivity contribution < 1.29 is 9.53 Å². The van der Waals surface area contributed by atoms with Gasteiger partial charge in [0.05, 0.1) is 5.02 Å². The molecule has 0 fully saturated rings. The maximum atomic E-state index is 11.7. The summed E-state index contributed by atoms with van der Waals surface area (Å²) in [6.07, 6.45) is 4.56. The molecule has 19 heavy (non-hydrogen) atoms. The molecule has 2 aromatic rings. The van der Waals surface area contributed by atoms with Crippen molar-refractivity contribution in [3.05, 3.63) is 63.0 Å². The molecule has 3 nitrogen and oxygen atoms in total. The van der Waals surface area contributed by atoms with Crippen molar-refractivity contribution in [2.45, 2.75) is 0 Å². The van der Waals surface area contributed by atoms with Gasteiger partial charge in [-0.05, 0) is 34.2 Å². The SMILES string of the molecule is O=C(C=Cc1ccccc1)Oc1cc(Cl)cnc1I. The zero-order valence-electron chi connectivity index (χ0n) is 9.72. The van der Waals surface area contributed by atoms with E-state index in [9.17, 15) is 4.79 Å².